The monoisotopic (exact) mass is 309 g/mol. The molecule has 1 amide bonds. The van der Waals surface area contributed by atoms with Crippen molar-refractivity contribution in [3.05, 3.63) is 28.8 Å². The molecule has 0 saturated carbocycles. The average Bonchev–Trinajstić information content (AvgIpc) is 3.05. The van der Waals surface area contributed by atoms with E-state index in [1.807, 2.05) is 6.07 Å². The molecule has 0 unspecified atom stereocenters. The van der Waals surface area contributed by atoms with Crippen molar-refractivity contribution >= 4 is 23.2 Å². The summed E-state index contributed by atoms with van der Waals surface area (Å²) in [5, 5.41) is 0.591. The van der Waals surface area contributed by atoms with Gasteiger partial charge in [-0.05, 0) is 24.6 Å². The number of benzene rings is 1. The number of ether oxygens (including phenoxy) is 2. The maximum atomic E-state index is 12.8. The van der Waals surface area contributed by atoms with E-state index in [1.54, 1.807) is 17.0 Å². The van der Waals surface area contributed by atoms with Crippen LogP contribution in [-0.2, 0) is 20.1 Å². The smallest absolute Gasteiger partial charge is 0.292 e. The van der Waals surface area contributed by atoms with Gasteiger partial charge in [0.1, 0.15) is 0 Å². The fraction of sp³-hybridized carbons (Fsp3) is 0.562. The Kier molecular flexibility index (Phi) is 4.20. The van der Waals surface area contributed by atoms with Crippen molar-refractivity contribution in [3.63, 3.8) is 0 Å². The molecule has 0 aliphatic carbocycles. The molecule has 1 aromatic carbocycles. The molecule has 1 saturated heterocycles. The normalized spacial score (nSPS) is 19.5. The number of unbranched alkanes of at least 4 members (excludes halogenated alkanes) is 3. The summed E-state index contributed by atoms with van der Waals surface area (Å²) >= 11 is 6.09. The van der Waals surface area contributed by atoms with Gasteiger partial charge in [-0.3, -0.25) is 4.79 Å². The molecule has 21 heavy (non-hydrogen) atoms. The fourth-order valence-corrected chi connectivity index (χ4v) is 3.19. The zero-order valence-electron chi connectivity index (χ0n) is 12.2. The van der Waals surface area contributed by atoms with E-state index in [9.17, 15) is 4.79 Å². The topological polar surface area (TPSA) is 38.8 Å². The lowest BCUT2D eigenvalue weighted by Crippen LogP contribution is -2.41. The van der Waals surface area contributed by atoms with E-state index >= 15 is 0 Å². The van der Waals surface area contributed by atoms with E-state index in [0.29, 0.717) is 24.8 Å². The van der Waals surface area contributed by atoms with Crippen LogP contribution >= 0.6 is 11.6 Å². The predicted octanol–water partition coefficient (Wildman–Crippen LogP) is 3.47. The van der Waals surface area contributed by atoms with Crippen molar-refractivity contribution in [2.24, 2.45) is 0 Å². The second kappa shape index (κ2) is 5.95. The first-order valence-corrected chi connectivity index (χ1v) is 7.97. The highest BCUT2D eigenvalue weighted by atomic mass is 35.5. The van der Waals surface area contributed by atoms with E-state index in [-0.39, 0.29) is 5.91 Å². The van der Waals surface area contributed by atoms with Crippen LogP contribution in [0.1, 0.15) is 38.2 Å². The van der Waals surface area contributed by atoms with Crippen LogP contribution in [0.25, 0.3) is 0 Å². The Morgan fingerprint density at radius 2 is 2.00 bits per heavy atom. The molecule has 1 spiro atoms. The van der Waals surface area contributed by atoms with Crippen LogP contribution < -0.4 is 4.90 Å². The second-order valence-corrected chi connectivity index (χ2v) is 5.93. The molecule has 0 radical (unpaired) electrons. The summed E-state index contributed by atoms with van der Waals surface area (Å²) in [6, 6.07) is 5.47. The molecule has 1 aromatic rings. The zero-order valence-corrected chi connectivity index (χ0v) is 13.0. The zero-order chi connectivity index (χ0) is 14.9. The molecular weight excluding hydrogens is 290 g/mol. The molecule has 0 aromatic heterocycles. The van der Waals surface area contributed by atoms with E-state index < -0.39 is 5.79 Å². The van der Waals surface area contributed by atoms with Crippen molar-refractivity contribution in [1.82, 2.24) is 0 Å². The SMILES string of the molecule is CCCCCCN1C(=O)C2(OCCO2)c2cc(Cl)ccc21. The Bertz CT molecular complexity index is 540. The largest absolute Gasteiger partial charge is 0.336 e. The summed E-state index contributed by atoms with van der Waals surface area (Å²) in [4.78, 5) is 14.6. The van der Waals surface area contributed by atoms with Gasteiger partial charge in [0.2, 0.25) is 0 Å². The molecule has 0 atom stereocenters. The van der Waals surface area contributed by atoms with Gasteiger partial charge in [-0.2, -0.15) is 0 Å². The lowest BCUT2D eigenvalue weighted by atomic mass is 10.1. The van der Waals surface area contributed by atoms with Crippen LogP contribution in [0.15, 0.2) is 18.2 Å². The lowest BCUT2D eigenvalue weighted by Gasteiger charge is -2.22. The Balaban J connectivity index is 1.88. The van der Waals surface area contributed by atoms with E-state index in [0.717, 1.165) is 24.1 Å². The first kappa shape index (κ1) is 14.8. The predicted molar refractivity (Wildman–Crippen MR) is 81.5 cm³/mol. The number of halogens is 1. The van der Waals surface area contributed by atoms with Gasteiger partial charge in [-0.25, -0.2) is 0 Å². The third kappa shape index (κ3) is 2.45. The standard InChI is InChI=1S/C16H20ClNO3/c1-2-3-4-5-8-18-14-7-6-12(17)11-13(14)16(15(18)19)20-9-10-21-16/h6-7,11H,2-5,8-10H2,1H3. The van der Waals surface area contributed by atoms with E-state index in [1.165, 1.54) is 12.8 Å². The van der Waals surface area contributed by atoms with Gasteiger partial charge in [0, 0.05) is 17.1 Å². The van der Waals surface area contributed by atoms with Gasteiger partial charge in [0.25, 0.3) is 11.7 Å². The molecule has 114 valence electrons. The van der Waals surface area contributed by atoms with Crippen molar-refractivity contribution < 1.29 is 14.3 Å². The molecule has 4 nitrogen and oxygen atoms in total. The minimum atomic E-state index is -1.26. The van der Waals surface area contributed by atoms with Gasteiger partial charge in [0.15, 0.2) is 0 Å². The van der Waals surface area contributed by atoms with Gasteiger partial charge in [-0.1, -0.05) is 37.8 Å². The van der Waals surface area contributed by atoms with Gasteiger partial charge < -0.3 is 14.4 Å². The average molecular weight is 310 g/mol. The number of rotatable bonds is 5. The molecule has 0 N–H and O–H groups in total. The first-order valence-electron chi connectivity index (χ1n) is 7.59. The number of anilines is 1. The maximum absolute atomic E-state index is 12.8. The summed E-state index contributed by atoms with van der Waals surface area (Å²) in [5.74, 6) is -1.38. The third-order valence-electron chi connectivity index (χ3n) is 4.06. The van der Waals surface area contributed by atoms with Crippen molar-refractivity contribution in [2.75, 3.05) is 24.7 Å². The molecule has 2 heterocycles. The Morgan fingerprint density at radius 1 is 1.24 bits per heavy atom. The number of amides is 1. The van der Waals surface area contributed by atoms with Crippen molar-refractivity contribution in [1.29, 1.82) is 0 Å². The van der Waals surface area contributed by atoms with Crippen LogP contribution in [0.5, 0.6) is 0 Å². The summed E-state index contributed by atoms with van der Waals surface area (Å²) in [5.41, 5.74) is 1.61. The van der Waals surface area contributed by atoms with Crippen LogP contribution in [0.3, 0.4) is 0 Å². The van der Waals surface area contributed by atoms with Crippen LogP contribution in [0.4, 0.5) is 5.69 Å². The first-order chi connectivity index (χ1) is 10.2. The summed E-state index contributed by atoms with van der Waals surface area (Å²) in [6.45, 7) is 3.73. The molecule has 2 aliphatic heterocycles. The van der Waals surface area contributed by atoms with Crippen LogP contribution in [-0.4, -0.2) is 25.7 Å². The number of carbonyl (C=O) groups excluding carboxylic acids is 1. The number of nitrogens with zero attached hydrogens (tertiary/aromatic N) is 1. The summed E-state index contributed by atoms with van der Waals surface area (Å²) < 4.78 is 11.4. The Morgan fingerprint density at radius 3 is 2.71 bits per heavy atom. The lowest BCUT2D eigenvalue weighted by molar-refractivity contribution is -0.180. The van der Waals surface area contributed by atoms with Crippen molar-refractivity contribution in [3.8, 4) is 0 Å². The quantitative estimate of drug-likeness (QED) is 0.782. The van der Waals surface area contributed by atoms with Crippen LogP contribution in [0.2, 0.25) is 5.02 Å². The van der Waals surface area contributed by atoms with E-state index in [4.69, 9.17) is 21.1 Å². The van der Waals surface area contributed by atoms with Gasteiger partial charge in [-0.15, -0.1) is 0 Å². The van der Waals surface area contributed by atoms with Gasteiger partial charge >= 0.3 is 0 Å². The minimum absolute atomic E-state index is 0.117. The number of hydrogen-bond acceptors (Lipinski definition) is 3. The Labute approximate surface area is 130 Å². The molecule has 0 bridgehead atoms. The molecule has 2 aliphatic rings. The fourth-order valence-electron chi connectivity index (χ4n) is 3.02. The second-order valence-electron chi connectivity index (χ2n) is 5.49. The number of hydrogen-bond donors (Lipinski definition) is 0. The molecule has 3 rings (SSSR count). The third-order valence-corrected chi connectivity index (χ3v) is 4.30. The highest BCUT2D eigenvalue weighted by Gasteiger charge is 2.55. The molecular formula is C16H20ClNO3. The molecule has 5 heteroatoms. The highest BCUT2D eigenvalue weighted by molar-refractivity contribution is 6.31. The van der Waals surface area contributed by atoms with E-state index in [2.05, 4.69) is 6.92 Å². The highest BCUT2D eigenvalue weighted by Crippen LogP contribution is 2.46. The maximum Gasteiger partial charge on any atom is 0.292 e. The number of carbonyl (C=O) groups is 1. The molecule has 1 fully saturated rings. The van der Waals surface area contributed by atoms with Crippen molar-refractivity contribution in [2.45, 2.75) is 38.4 Å². The minimum Gasteiger partial charge on any atom is -0.336 e. The van der Waals surface area contributed by atoms with Gasteiger partial charge in [0.05, 0.1) is 18.9 Å². The van der Waals surface area contributed by atoms with Crippen LogP contribution in [0, 0.1) is 0 Å². The summed E-state index contributed by atoms with van der Waals surface area (Å²) in [6.07, 6.45) is 4.47. The number of fused-ring (bicyclic) bond motifs is 2. The Hall–Kier alpha value is -1.10. The summed E-state index contributed by atoms with van der Waals surface area (Å²) in [7, 11) is 0.